The number of fused-ring (bicyclic) bond motifs is 1. The van der Waals surface area contributed by atoms with Crippen LogP contribution >= 0.6 is 0 Å². The molecule has 178 valence electrons. The van der Waals surface area contributed by atoms with Gasteiger partial charge in [0.25, 0.3) is 0 Å². The molecule has 0 fully saturated rings. The lowest BCUT2D eigenvalue weighted by Crippen LogP contribution is -2.52. The molecule has 0 spiro atoms. The molecule has 2 aromatic heterocycles. The largest absolute Gasteiger partial charge is 0.488 e. The van der Waals surface area contributed by atoms with E-state index in [4.69, 9.17) is 15.2 Å². The monoisotopic (exact) mass is 457 g/mol. The van der Waals surface area contributed by atoms with Crippen molar-refractivity contribution in [2.45, 2.75) is 59.1 Å². The third-order valence-electron chi connectivity index (χ3n) is 4.81. The summed E-state index contributed by atoms with van der Waals surface area (Å²) in [7, 11) is 0. The van der Waals surface area contributed by atoms with Crippen LogP contribution in [0.4, 0.5) is 15.0 Å². The van der Waals surface area contributed by atoms with E-state index in [0.717, 1.165) is 0 Å². The molecule has 0 aliphatic carbocycles. The highest BCUT2D eigenvalue weighted by atomic mass is 19.1. The summed E-state index contributed by atoms with van der Waals surface area (Å²) in [5, 5.41) is 7.12. The summed E-state index contributed by atoms with van der Waals surface area (Å²) < 4.78 is 27.8. The lowest BCUT2D eigenvalue weighted by atomic mass is 9.91. The van der Waals surface area contributed by atoms with Crippen molar-refractivity contribution in [2.24, 2.45) is 5.92 Å². The van der Waals surface area contributed by atoms with E-state index in [9.17, 15) is 9.18 Å². The second-order valence-corrected chi connectivity index (χ2v) is 9.89. The van der Waals surface area contributed by atoms with Gasteiger partial charge in [-0.25, -0.2) is 18.7 Å². The molecule has 3 aromatic rings. The van der Waals surface area contributed by atoms with Crippen LogP contribution < -0.4 is 15.8 Å². The van der Waals surface area contributed by atoms with Gasteiger partial charge < -0.3 is 20.5 Å². The molecule has 0 saturated carbocycles. The summed E-state index contributed by atoms with van der Waals surface area (Å²) in [5.41, 5.74) is 6.29. The number of hydrogen-bond acceptors (Lipinski definition) is 6. The van der Waals surface area contributed by atoms with E-state index in [1.165, 1.54) is 6.07 Å². The zero-order chi connectivity index (χ0) is 24.4. The van der Waals surface area contributed by atoms with E-state index < -0.39 is 23.1 Å². The highest BCUT2D eigenvalue weighted by Crippen LogP contribution is 2.28. The van der Waals surface area contributed by atoms with Crippen molar-refractivity contribution in [1.82, 2.24) is 19.9 Å². The average Bonchev–Trinajstić information content (AvgIpc) is 3.12. The van der Waals surface area contributed by atoms with E-state index in [-0.39, 0.29) is 18.3 Å². The van der Waals surface area contributed by atoms with Gasteiger partial charge in [-0.1, -0.05) is 13.8 Å². The number of carbonyl (C=O) groups is 1. The molecule has 3 N–H and O–H groups in total. The van der Waals surface area contributed by atoms with Crippen LogP contribution in [0.5, 0.6) is 5.75 Å². The van der Waals surface area contributed by atoms with Gasteiger partial charge in [-0.05, 0) is 58.2 Å². The molecule has 0 saturated heterocycles. The van der Waals surface area contributed by atoms with E-state index in [1.54, 1.807) is 55.7 Å². The summed E-state index contributed by atoms with van der Waals surface area (Å²) in [4.78, 5) is 16.6. The molecule has 0 radical (unpaired) electrons. The molecule has 0 aliphatic heterocycles. The van der Waals surface area contributed by atoms with Gasteiger partial charge in [-0.3, -0.25) is 0 Å². The number of nitrogens with one attached hydrogen (secondary N) is 1. The molecule has 0 bridgehead atoms. The minimum atomic E-state index is -0.748. The minimum absolute atomic E-state index is 0.0757. The Balaban J connectivity index is 1.79. The molecule has 3 rings (SSSR count). The second-order valence-electron chi connectivity index (χ2n) is 9.89. The van der Waals surface area contributed by atoms with E-state index in [1.807, 2.05) is 20.8 Å². The number of halogens is 1. The average molecular weight is 458 g/mol. The molecule has 8 nitrogen and oxygen atoms in total. The fraction of sp³-hybridized carbons (Fsp3) is 0.458. The molecule has 2 heterocycles. The van der Waals surface area contributed by atoms with Gasteiger partial charge in [-0.15, -0.1) is 0 Å². The Morgan fingerprint density at radius 1 is 1.21 bits per heavy atom. The van der Waals surface area contributed by atoms with Crippen molar-refractivity contribution in [3.8, 4) is 17.0 Å². The molecule has 33 heavy (non-hydrogen) atoms. The van der Waals surface area contributed by atoms with Gasteiger partial charge >= 0.3 is 6.09 Å². The summed E-state index contributed by atoms with van der Waals surface area (Å²) in [6.45, 7) is 11.4. The van der Waals surface area contributed by atoms with Crippen molar-refractivity contribution in [1.29, 1.82) is 0 Å². The van der Waals surface area contributed by atoms with Gasteiger partial charge in [0.15, 0.2) is 17.2 Å². The Morgan fingerprint density at radius 3 is 2.58 bits per heavy atom. The fourth-order valence-corrected chi connectivity index (χ4v) is 3.75. The summed E-state index contributed by atoms with van der Waals surface area (Å²) in [6, 6.07) is 8.02. The van der Waals surface area contributed by atoms with Crippen LogP contribution in [0.15, 0.2) is 36.5 Å². The van der Waals surface area contributed by atoms with Gasteiger partial charge in [0, 0.05) is 17.7 Å². The standard InChI is InChI=1S/C24H32FN5O3/c1-15(2)13-24(6,29-22(31)33-23(3,4)5)14-32-19-8-7-16(11-17(19)25)18-12-20(26)28-21-9-10-27-30(18)21/h7-12,15H,13-14H2,1-6H3,(H2,26,28)(H,29,31)/t24-/m0/s1. The first kappa shape index (κ1) is 24.3. The quantitative estimate of drug-likeness (QED) is 0.527. The highest BCUT2D eigenvalue weighted by molar-refractivity contribution is 5.69. The Morgan fingerprint density at radius 2 is 1.94 bits per heavy atom. The predicted octanol–water partition coefficient (Wildman–Crippen LogP) is 4.83. The predicted molar refractivity (Wildman–Crippen MR) is 126 cm³/mol. The maximum atomic E-state index is 15.0. The molecular weight excluding hydrogens is 425 g/mol. The number of alkyl carbamates (subject to hydrolysis) is 1. The zero-order valence-corrected chi connectivity index (χ0v) is 20.0. The number of ether oxygens (including phenoxy) is 2. The van der Waals surface area contributed by atoms with Gasteiger partial charge in [0.1, 0.15) is 18.0 Å². The number of benzene rings is 1. The normalized spacial score (nSPS) is 13.7. The van der Waals surface area contributed by atoms with E-state index >= 15 is 0 Å². The molecular formula is C24H32FN5O3. The summed E-state index contributed by atoms with van der Waals surface area (Å²) >= 11 is 0. The number of anilines is 1. The lowest BCUT2D eigenvalue weighted by Gasteiger charge is -2.33. The first-order valence-electron chi connectivity index (χ1n) is 10.9. The van der Waals surface area contributed by atoms with Crippen molar-refractivity contribution >= 4 is 17.6 Å². The second kappa shape index (κ2) is 9.25. The summed E-state index contributed by atoms with van der Waals surface area (Å²) in [5.74, 6) is 0.136. The van der Waals surface area contributed by atoms with Crippen molar-refractivity contribution in [3.05, 3.63) is 42.3 Å². The lowest BCUT2D eigenvalue weighted by molar-refractivity contribution is 0.0406. The number of nitrogens with two attached hydrogens (primary N) is 1. The molecule has 1 aromatic carbocycles. The van der Waals surface area contributed by atoms with Gasteiger partial charge in [0.05, 0.1) is 17.4 Å². The number of aromatic nitrogens is 3. The van der Waals surface area contributed by atoms with Crippen LogP contribution in [-0.4, -0.2) is 38.4 Å². The Kier molecular flexibility index (Phi) is 6.81. The molecule has 0 aliphatic rings. The van der Waals surface area contributed by atoms with Gasteiger partial charge in [0.2, 0.25) is 0 Å². The van der Waals surface area contributed by atoms with Crippen LogP contribution in [0.3, 0.4) is 0 Å². The van der Waals surface area contributed by atoms with Crippen molar-refractivity contribution in [2.75, 3.05) is 12.3 Å². The third-order valence-corrected chi connectivity index (χ3v) is 4.81. The van der Waals surface area contributed by atoms with Crippen LogP contribution in [0.2, 0.25) is 0 Å². The Labute approximate surface area is 193 Å². The number of rotatable bonds is 7. The van der Waals surface area contributed by atoms with E-state index in [2.05, 4.69) is 15.4 Å². The molecule has 0 unspecified atom stereocenters. The van der Waals surface area contributed by atoms with Crippen molar-refractivity contribution in [3.63, 3.8) is 0 Å². The first-order valence-corrected chi connectivity index (χ1v) is 10.9. The fourth-order valence-electron chi connectivity index (χ4n) is 3.75. The summed E-state index contributed by atoms with van der Waals surface area (Å²) in [6.07, 6.45) is 1.69. The van der Waals surface area contributed by atoms with Gasteiger partial charge in [-0.2, -0.15) is 5.10 Å². The number of carbonyl (C=O) groups excluding carboxylic acids is 1. The molecule has 1 amide bonds. The molecule has 9 heteroatoms. The van der Waals surface area contributed by atoms with Crippen molar-refractivity contribution < 1.29 is 18.7 Å². The van der Waals surface area contributed by atoms with Crippen LogP contribution in [0.1, 0.15) is 48.0 Å². The maximum absolute atomic E-state index is 15.0. The number of hydrogen-bond donors (Lipinski definition) is 2. The highest BCUT2D eigenvalue weighted by Gasteiger charge is 2.31. The first-order chi connectivity index (χ1) is 15.3. The van der Waals surface area contributed by atoms with Crippen LogP contribution in [0.25, 0.3) is 16.9 Å². The Bertz CT molecular complexity index is 1140. The number of amides is 1. The third kappa shape index (κ3) is 6.34. The number of nitrogens with zero attached hydrogens (tertiary/aromatic N) is 3. The molecule has 1 atom stereocenters. The van der Waals surface area contributed by atoms with E-state index in [0.29, 0.717) is 29.1 Å². The van der Waals surface area contributed by atoms with Crippen LogP contribution in [0, 0.1) is 11.7 Å². The Hall–Kier alpha value is -3.36. The topological polar surface area (TPSA) is 104 Å². The smallest absolute Gasteiger partial charge is 0.408 e. The SMILES string of the molecule is CC(C)C[C@@](C)(COc1ccc(-c2cc(N)nc3ccnn23)cc1F)NC(=O)OC(C)(C)C. The zero-order valence-electron chi connectivity index (χ0n) is 20.0. The maximum Gasteiger partial charge on any atom is 0.408 e. The van der Waals surface area contributed by atoms with Crippen LogP contribution in [-0.2, 0) is 4.74 Å². The number of nitrogen functional groups attached to an aromatic ring is 1. The minimum Gasteiger partial charge on any atom is -0.488 e.